The SMILES string of the molecule is O=C=C(C(=C(F)F)C(F)(F)F)C(F)(F)F. The Hall–Kier alpha value is -1.37. The zero-order valence-corrected chi connectivity index (χ0v) is 6.43. The molecule has 86 valence electrons. The summed E-state index contributed by atoms with van der Waals surface area (Å²) in [4.78, 5) is 9.59. The van der Waals surface area contributed by atoms with Crippen LogP contribution in [0.25, 0.3) is 0 Å². The third kappa shape index (κ3) is 3.35. The van der Waals surface area contributed by atoms with Gasteiger partial charge >= 0.3 is 12.4 Å². The van der Waals surface area contributed by atoms with Gasteiger partial charge in [-0.3, -0.25) is 0 Å². The summed E-state index contributed by atoms with van der Waals surface area (Å²) in [6.45, 7) is 0. The van der Waals surface area contributed by atoms with E-state index in [4.69, 9.17) is 0 Å². The standard InChI is InChI=1S/C6F8O/c7-4(8)3(6(12,13)14)2(1-15)5(9,10)11. The van der Waals surface area contributed by atoms with Gasteiger partial charge < -0.3 is 0 Å². The van der Waals surface area contributed by atoms with Crippen LogP contribution in [0.2, 0.25) is 0 Å². The van der Waals surface area contributed by atoms with Crippen molar-refractivity contribution in [3.63, 3.8) is 0 Å². The molecule has 0 radical (unpaired) electrons. The van der Waals surface area contributed by atoms with Crippen LogP contribution < -0.4 is 0 Å². The van der Waals surface area contributed by atoms with Gasteiger partial charge in [-0.05, 0) is 0 Å². The molecule has 0 saturated carbocycles. The molecule has 0 aromatic carbocycles. The average molecular weight is 240 g/mol. The molecular formula is C6F8O. The summed E-state index contributed by atoms with van der Waals surface area (Å²) in [6.07, 6.45) is -15.4. The summed E-state index contributed by atoms with van der Waals surface area (Å²) in [7, 11) is 0. The maximum absolute atomic E-state index is 11.7. The quantitative estimate of drug-likeness (QED) is 0.391. The van der Waals surface area contributed by atoms with Crippen LogP contribution in [-0.2, 0) is 4.79 Å². The highest BCUT2D eigenvalue weighted by Crippen LogP contribution is 2.40. The third-order valence-corrected chi connectivity index (χ3v) is 1.11. The Bertz CT molecular complexity index is 322. The number of hydrogen-bond donors (Lipinski definition) is 0. The van der Waals surface area contributed by atoms with Crippen LogP contribution in [0.3, 0.4) is 0 Å². The first-order valence-corrected chi connectivity index (χ1v) is 2.97. The van der Waals surface area contributed by atoms with Gasteiger partial charge in [-0.25, -0.2) is 4.79 Å². The maximum atomic E-state index is 11.7. The van der Waals surface area contributed by atoms with E-state index in [9.17, 15) is 39.9 Å². The highest BCUT2D eigenvalue weighted by molar-refractivity contribution is 5.64. The normalized spacial score (nSPS) is 12.0. The molecule has 0 heterocycles. The topological polar surface area (TPSA) is 17.1 Å². The van der Waals surface area contributed by atoms with Gasteiger partial charge in [-0.2, -0.15) is 35.1 Å². The fourth-order valence-electron chi connectivity index (χ4n) is 0.594. The smallest absolute Gasteiger partial charge is 0.233 e. The first-order valence-electron chi connectivity index (χ1n) is 2.97. The highest BCUT2D eigenvalue weighted by atomic mass is 19.4. The number of alkyl halides is 6. The Labute approximate surface area is 76.7 Å². The summed E-state index contributed by atoms with van der Waals surface area (Å²) >= 11 is 0. The zero-order chi connectivity index (χ0) is 12.4. The molecule has 9 heteroatoms. The minimum atomic E-state index is -5.97. The van der Waals surface area contributed by atoms with E-state index in [1.165, 1.54) is 0 Å². The Morgan fingerprint density at radius 2 is 1.27 bits per heavy atom. The van der Waals surface area contributed by atoms with Crippen LogP contribution in [0, 0.1) is 0 Å². The molecule has 0 aliphatic rings. The average Bonchev–Trinajstić information content (AvgIpc) is 1.93. The Morgan fingerprint density at radius 1 is 0.867 bits per heavy atom. The molecule has 0 atom stereocenters. The van der Waals surface area contributed by atoms with Crippen LogP contribution in [0.4, 0.5) is 35.1 Å². The summed E-state index contributed by atoms with van der Waals surface area (Å²) in [5.41, 5.74) is -6.39. The van der Waals surface area contributed by atoms with Crippen molar-refractivity contribution in [3.05, 3.63) is 17.2 Å². The van der Waals surface area contributed by atoms with E-state index in [1.807, 2.05) is 0 Å². The van der Waals surface area contributed by atoms with Crippen molar-refractivity contribution in [2.45, 2.75) is 12.4 Å². The van der Waals surface area contributed by atoms with Crippen LogP contribution in [0.15, 0.2) is 17.2 Å². The van der Waals surface area contributed by atoms with Crippen molar-refractivity contribution in [1.82, 2.24) is 0 Å². The molecule has 0 aliphatic carbocycles. The second-order valence-electron chi connectivity index (χ2n) is 2.11. The minimum Gasteiger partial charge on any atom is -0.233 e. The van der Waals surface area contributed by atoms with Gasteiger partial charge in [0.05, 0.1) is 0 Å². The number of hydrogen-bond acceptors (Lipinski definition) is 1. The van der Waals surface area contributed by atoms with Crippen LogP contribution in [0.1, 0.15) is 0 Å². The fourth-order valence-corrected chi connectivity index (χ4v) is 0.594. The minimum absolute atomic E-state index is 0.186. The van der Waals surface area contributed by atoms with E-state index in [1.54, 1.807) is 0 Å². The number of halogens is 8. The molecule has 0 fully saturated rings. The van der Waals surface area contributed by atoms with Crippen LogP contribution >= 0.6 is 0 Å². The van der Waals surface area contributed by atoms with Gasteiger partial charge in [0, 0.05) is 0 Å². The van der Waals surface area contributed by atoms with Crippen LogP contribution in [0.5, 0.6) is 0 Å². The lowest BCUT2D eigenvalue weighted by molar-refractivity contribution is -0.119. The summed E-state index contributed by atoms with van der Waals surface area (Å²) in [6, 6.07) is 0. The maximum Gasteiger partial charge on any atom is 0.427 e. The fraction of sp³-hybridized carbons (Fsp3) is 0.333. The van der Waals surface area contributed by atoms with Gasteiger partial charge in [0.25, 0.3) is 6.08 Å². The molecule has 0 aromatic rings. The second-order valence-corrected chi connectivity index (χ2v) is 2.11. The molecule has 15 heavy (non-hydrogen) atoms. The molecule has 0 bridgehead atoms. The van der Waals surface area contributed by atoms with Crippen molar-refractivity contribution in [3.8, 4) is 0 Å². The summed E-state index contributed by atoms with van der Waals surface area (Å²) in [5, 5.41) is 0. The molecular weight excluding hydrogens is 240 g/mol. The highest BCUT2D eigenvalue weighted by Gasteiger charge is 2.50. The largest absolute Gasteiger partial charge is 0.427 e. The van der Waals surface area contributed by atoms with E-state index in [0.717, 1.165) is 0 Å². The number of rotatable bonds is 1. The van der Waals surface area contributed by atoms with Gasteiger partial charge in [-0.1, -0.05) is 0 Å². The van der Waals surface area contributed by atoms with Gasteiger partial charge in [-0.15, -0.1) is 0 Å². The lowest BCUT2D eigenvalue weighted by Gasteiger charge is -2.13. The van der Waals surface area contributed by atoms with Crippen LogP contribution in [-0.4, -0.2) is 18.3 Å². The molecule has 0 unspecified atom stereocenters. The van der Waals surface area contributed by atoms with Gasteiger partial charge in [0.1, 0.15) is 11.5 Å². The molecule has 0 rings (SSSR count). The predicted molar refractivity (Wildman–Crippen MR) is 30.6 cm³/mol. The molecule has 0 N–H and O–H groups in total. The predicted octanol–water partition coefficient (Wildman–Crippen LogP) is 3.02. The van der Waals surface area contributed by atoms with E-state index >= 15 is 0 Å². The lowest BCUT2D eigenvalue weighted by atomic mass is 10.1. The molecule has 0 spiro atoms. The van der Waals surface area contributed by atoms with Crippen molar-refractivity contribution in [2.24, 2.45) is 0 Å². The monoisotopic (exact) mass is 240 g/mol. The van der Waals surface area contributed by atoms with Crippen molar-refractivity contribution in [1.29, 1.82) is 0 Å². The Kier molecular flexibility index (Phi) is 3.65. The molecule has 0 saturated heterocycles. The molecule has 0 aliphatic heterocycles. The first-order chi connectivity index (χ1) is 6.51. The second kappa shape index (κ2) is 4.01. The number of carbonyl (C=O) groups excluding carboxylic acids is 1. The molecule has 0 aromatic heterocycles. The Balaban J connectivity index is 5.73. The summed E-state index contributed by atoms with van der Waals surface area (Å²) in [5.74, 6) is -0.186. The zero-order valence-electron chi connectivity index (χ0n) is 6.43. The summed E-state index contributed by atoms with van der Waals surface area (Å²) < 4.78 is 93.4. The van der Waals surface area contributed by atoms with E-state index < -0.39 is 29.6 Å². The molecule has 1 nitrogen and oxygen atoms in total. The molecule has 0 amide bonds. The number of allylic oxidation sites excluding steroid dienone is 2. The van der Waals surface area contributed by atoms with Crippen molar-refractivity contribution >= 4 is 5.94 Å². The van der Waals surface area contributed by atoms with Gasteiger partial charge in [0.2, 0.25) is 0 Å². The lowest BCUT2D eigenvalue weighted by Crippen LogP contribution is -2.24. The third-order valence-electron chi connectivity index (χ3n) is 1.11. The van der Waals surface area contributed by atoms with E-state index in [-0.39, 0.29) is 5.94 Å². The van der Waals surface area contributed by atoms with E-state index in [0.29, 0.717) is 0 Å². The first kappa shape index (κ1) is 13.6. The Morgan fingerprint density at radius 3 is 1.33 bits per heavy atom. The van der Waals surface area contributed by atoms with E-state index in [2.05, 4.69) is 0 Å². The van der Waals surface area contributed by atoms with Crippen molar-refractivity contribution in [2.75, 3.05) is 0 Å². The van der Waals surface area contributed by atoms with Crippen molar-refractivity contribution < 1.29 is 39.9 Å². The van der Waals surface area contributed by atoms with Gasteiger partial charge in [0.15, 0.2) is 5.57 Å².